The molecule has 3 rings (SSSR count). The Morgan fingerprint density at radius 1 is 1.50 bits per heavy atom. The van der Waals surface area contributed by atoms with Gasteiger partial charge in [0.05, 0.1) is 5.69 Å². The molecule has 3 heterocycles. The zero-order valence-electron chi connectivity index (χ0n) is 9.35. The van der Waals surface area contributed by atoms with Crippen molar-refractivity contribution >= 4 is 5.78 Å². The summed E-state index contributed by atoms with van der Waals surface area (Å²) in [6, 6.07) is 2.12. The quantitative estimate of drug-likeness (QED) is 0.771. The highest BCUT2D eigenvalue weighted by Crippen LogP contribution is 2.23. The Kier molecular flexibility index (Phi) is 2.32. The number of piperidine rings is 1. The Labute approximate surface area is 93.9 Å². The van der Waals surface area contributed by atoms with Crippen LogP contribution in [-0.2, 0) is 0 Å². The normalized spacial score (nSPS) is 21.4. The summed E-state index contributed by atoms with van der Waals surface area (Å²) in [5.74, 6) is 1.24. The second-order valence-electron chi connectivity index (χ2n) is 4.34. The van der Waals surface area contributed by atoms with Crippen LogP contribution in [0.4, 0.5) is 0 Å². The number of aryl methyl sites for hydroxylation is 1. The summed E-state index contributed by atoms with van der Waals surface area (Å²) in [7, 11) is 0. The van der Waals surface area contributed by atoms with Gasteiger partial charge in [0.2, 0.25) is 0 Å². The molecule has 2 aromatic rings. The number of hydrogen-bond acceptors (Lipinski definition) is 4. The standard InChI is InChI=1S/C11H15N5/c1-8-5-10(9-3-2-4-12-6-9)16-11(15-8)13-7-14-16/h5,7,9,12H,2-4,6H2,1H3. The minimum Gasteiger partial charge on any atom is -0.316 e. The van der Waals surface area contributed by atoms with Gasteiger partial charge in [-0.2, -0.15) is 10.1 Å². The molecule has 1 N–H and O–H groups in total. The molecule has 1 atom stereocenters. The van der Waals surface area contributed by atoms with Gasteiger partial charge < -0.3 is 5.32 Å². The number of rotatable bonds is 1. The Balaban J connectivity index is 2.09. The molecule has 1 unspecified atom stereocenters. The van der Waals surface area contributed by atoms with Crippen molar-refractivity contribution in [2.45, 2.75) is 25.7 Å². The summed E-state index contributed by atoms with van der Waals surface area (Å²) < 4.78 is 1.87. The highest BCUT2D eigenvalue weighted by Gasteiger charge is 2.19. The smallest absolute Gasteiger partial charge is 0.252 e. The van der Waals surface area contributed by atoms with E-state index in [-0.39, 0.29) is 0 Å². The first kappa shape index (κ1) is 9.72. The molecule has 0 bridgehead atoms. The minimum absolute atomic E-state index is 0.527. The van der Waals surface area contributed by atoms with E-state index >= 15 is 0 Å². The van der Waals surface area contributed by atoms with Crippen molar-refractivity contribution in [3.05, 3.63) is 23.8 Å². The molecule has 5 heteroatoms. The Morgan fingerprint density at radius 2 is 2.44 bits per heavy atom. The van der Waals surface area contributed by atoms with Gasteiger partial charge in [0, 0.05) is 18.2 Å². The fraction of sp³-hybridized carbons (Fsp3) is 0.545. The summed E-state index contributed by atoms with van der Waals surface area (Å²) >= 11 is 0. The van der Waals surface area contributed by atoms with Gasteiger partial charge in [0.1, 0.15) is 6.33 Å². The van der Waals surface area contributed by atoms with Crippen molar-refractivity contribution in [1.29, 1.82) is 0 Å². The molecule has 0 radical (unpaired) electrons. The van der Waals surface area contributed by atoms with Gasteiger partial charge >= 0.3 is 0 Å². The maximum Gasteiger partial charge on any atom is 0.252 e. The molecule has 1 saturated heterocycles. The first-order valence-corrected chi connectivity index (χ1v) is 5.72. The molecular weight excluding hydrogens is 202 g/mol. The first-order valence-electron chi connectivity index (χ1n) is 5.72. The van der Waals surface area contributed by atoms with E-state index < -0.39 is 0 Å². The number of nitrogens with zero attached hydrogens (tertiary/aromatic N) is 4. The molecule has 0 aliphatic carbocycles. The van der Waals surface area contributed by atoms with E-state index in [0.717, 1.165) is 18.8 Å². The molecule has 5 nitrogen and oxygen atoms in total. The molecule has 0 spiro atoms. The monoisotopic (exact) mass is 217 g/mol. The van der Waals surface area contributed by atoms with Gasteiger partial charge in [-0.15, -0.1) is 0 Å². The van der Waals surface area contributed by atoms with Crippen molar-refractivity contribution in [1.82, 2.24) is 24.9 Å². The third kappa shape index (κ3) is 1.57. The lowest BCUT2D eigenvalue weighted by Gasteiger charge is -2.23. The first-order chi connectivity index (χ1) is 7.84. The van der Waals surface area contributed by atoms with Crippen molar-refractivity contribution < 1.29 is 0 Å². The predicted molar refractivity (Wildman–Crippen MR) is 60.4 cm³/mol. The van der Waals surface area contributed by atoms with Crippen molar-refractivity contribution in [3.63, 3.8) is 0 Å². The molecule has 84 valence electrons. The van der Waals surface area contributed by atoms with E-state index in [1.807, 2.05) is 11.4 Å². The lowest BCUT2D eigenvalue weighted by Crippen LogP contribution is -2.29. The number of nitrogens with one attached hydrogen (secondary N) is 1. The third-order valence-corrected chi connectivity index (χ3v) is 3.12. The summed E-state index contributed by atoms with van der Waals surface area (Å²) in [5, 5.41) is 7.68. The van der Waals surface area contributed by atoms with Crippen LogP contribution in [0, 0.1) is 6.92 Å². The summed E-state index contributed by atoms with van der Waals surface area (Å²) in [6.07, 6.45) is 4.01. The third-order valence-electron chi connectivity index (χ3n) is 3.12. The lowest BCUT2D eigenvalue weighted by molar-refractivity contribution is 0.448. The molecule has 2 aromatic heterocycles. The SMILES string of the molecule is Cc1cc(C2CCCNC2)n2ncnc2n1. The van der Waals surface area contributed by atoms with Crippen LogP contribution in [0.5, 0.6) is 0 Å². The van der Waals surface area contributed by atoms with Crippen LogP contribution in [0.1, 0.15) is 30.1 Å². The van der Waals surface area contributed by atoms with Gasteiger partial charge in [0.25, 0.3) is 5.78 Å². The van der Waals surface area contributed by atoms with Crippen LogP contribution in [0.15, 0.2) is 12.4 Å². The van der Waals surface area contributed by atoms with Gasteiger partial charge in [-0.3, -0.25) is 0 Å². The fourth-order valence-corrected chi connectivity index (χ4v) is 2.35. The minimum atomic E-state index is 0.527. The van der Waals surface area contributed by atoms with Crippen LogP contribution in [0.3, 0.4) is 0 Å². The van der Waals surface area contributed by atoms with E-state index in [1.54, 1.807) is 6.33 Å². The molecule has 0 amide bonds. The van der Waals surface area contributed by atoms with E-state index in [0.29, 0.717) is 11.7 Å². The maximum atomic E-state index is 4.36. The molecule has 1 fully saturated rings. The molecule has 0 aromatic carbocycles. The van der Waals surface area contributed by atoms with Crippen LogP contribution >= 0.6 is 0 Å². The predicted octanol–water partition coefficient (Wildman–Crippen LogP) is 0.900. The van der Waals surface area contributed by atoms with Gasteiger partial charge in [-0.1, -0.05) is 0 Å². The number of fused-ring (bicyclic) bond motifs is 1. The average Bonchev–Trinajstić information content (AvgIpc) is 2.77. The number of aromatic nitrogens is 4. The number of hydrogen-bond donors (Lipinski definition) is 1. The second-order valence-corrected chi connectivity index (χ2v) is 4.34. The fourth-order valence-electron chi connectivity index (χ4n) is 2.35. The van der Waals surface area contributed by atoms with Gasteiger partial charge in [-0.25, -0.2) is 9.50 Å². The Hall–Kier alpha value is -1.49. The summed E-state index contributed by atoms with van der Waals surface area (Å²) in [6.45, 7) is 4.16. The van der Waals surface area contributed by atoms with Crippen LogP contribution in [0.25, 0.3) is 5.78 Å². The maximum absolute atomic E-state index is 4.36. The highest BCUT2D eigenvalue weighted by atomic mass is 15.3. The van der Waals surface area contributed by atoms with E-state index in [9.17, 15) is 0 Å². The highest BCUT2D eigenvalue weighted by molar-refractivity contribution is 5.31. The largest absolute Gasteiger partial charge is 0.316 e. The molecule has 1 aliphatic heterocycles. The molecule has 16 heavy (non-hydrogen) atoms. The van der Waals surface area contributed by atoms with Crippen molar-refractivity contribution in [3.8, 4) is 0 Å². The Morgan fingerprint density at radius 3 is 3.25 bits per heavy atom. The van der Waals surface area contributed by atoms with Crippen molar-refractivity contribution in [2.24, 2.45) is 0 Å². The van der Waals surface area contributed by atoms with Gasteiger partial charge in [-0.05, 0) is 32.4 Å². The molecule has 0 saturated carbocycles. The van der Waals surface area contributed by atoms with Crippen molar-refractivity contribution in [2.75, 3.05) is 13.1 Å². The average molecular weight is 217 g/mol. The second kappa shape index (κ2) is 3.83. The van der Waals surface area contributed by atoms with E-state index in [1.165, 1.54) is 18.5 Å². The molecule has 1 aliphatic rings. The molecular formula is C11H15N5. The summed E-state index contributed by atoms with van der Waals surface area (Å²) in [5.41, 5.74) is 2.24. The van der Waals surface area contributed by atoms with E-state index in [4.69, 9.17) is 0 Å². The topological polar surface area (TPSA) is 55.1 Å². The summed E-state index contributed by atoms with van der Waals surface area (Å²) in [4.78, 5) is 8.52. The van der Waals surface area contributed by atoms with E-state index in [2.05, 4.69) is 26.4 Å². The zero-order valence-corrected chi connectivity index (χ0v) is 9.35. The van der Waals surface area contributed by atoms with Gasteiger partial charge in [0.15, 0.2) is 0 Å². The zero-order chi connectivity index (χ0) is 11.0. The van der Waals surface area contributed by atoms with Crippen LogP contribution < -0.4 is 5.32 Å². The van der Waals surface area contributed by atoms with Crippen LogP contribution in [-0.4, -0.2) is 32.7 Å². The Bertz CT molecular complexity index is 498. The van der Waals surface area contributed by atoms with Crippen LogP contribution in [0.2, 0.25) is 0 Å². The lowest BCUT2D eigenvalue weighted by atomic mass is 9.95.